The second-order valence-corrected chi connectivity index (χ2v) is 8.60. The molecule has 3 N–H and O–H groups in total. The molecular formula is C23H19Cl2FN2O3S. The molecule has 0 aliphatic heterocycles. The van der Waals surface area contributed by atoms with Crippen molar-refractivity contribution in [2.75, 3.05) is 11.2 Å². The third-order valence-electron chi connectivity index (χ3n) is 4.53. The Morgan fingerprint density at radius 3 is 2.25 bits per heavy atom. The van der Waals surface area contributed by atoms with Gasteiger partial charge in [-0.25, -0.2) is 4.39 Å². The van der Waals surface area contributed by atoms with Gasteiger partial charge in [-0.2, -0.15) is 0 Å². The van der Waals surface area contributed by atoms with Gasteiger partial charge >= 0.3 is 5.97 Å². The fourth-order valence-electron chi connectivity index (χ4n) is 2.90. The van der Waals surface area contributed by atoms with Crippen LogP contribution in [0.3, 0.4) is 0 Å². The van der Waals surface area contributed by atoms with Crippen LogP contribution in [0.25, 0.3) is 0 Å². The molecule has 0 saturated heterocycles. The highest BCUT2D eigenvalue weighted by molar-refractivity contribution is 7.99. The molecule has 3 aromatic carbocycles. The average Bonchev–Trinajstić information content (AvgIpc) is 2.75. The maximum atomic E-state index is 13.7. The highest BCUT2D eigenvalue weighted by Gasteiger charge is 2.18. The largest absolute Gasteiger partial charge is 0.480 e. The van der Waals surface area contributed by atoms with Crippen LogP contribution in [0.4, 0.5) is 10.1 Å². The van der Waals surface area contributed by atoms with Gasteiger partial charge in [-0.15, -0.1) is 11.8 Å². The van der Waals surface area contributed by atoms with Crippen LogP contribution >= 0.6 is 35.0 Å². The van der Waals surface area contributed by atoms with Gasteiger partial charge in [0, 0.05) is 16.5 Å². The summed E-state index contributed by atoms with van der Waals surface area (Å²) in [4.78, 5) is 24.5. The van der Waals surface area contributed by atoms with Crippen LogP contribution in [0.5, 0.6) is 0 Å². The number of carboxylic acids is 1. The highest BCUT2D eigenvalue weighted by atomic mass is 35.5. The molecule has 0 spiro atoms. The molecule has 166 valence electrons. The highest BCUT2D eigenvalue weighted by Crippen LogP contribution is 2.25. The molecular weight excluding hydrogens is 474 g/mol. The van der Waals surface area contributed by atoms with Crippen LogP contribution in [0.2, 0.25) is 10.0 Å². The number of carbonyl (C=O) groups is 2. The SMILES string of the molecule is O=C(Nc1ccc(C[C@H](NCSc2ccccc2F)C(=O)O)cc1)c1c(Cl)cccc1Cl. The number of benzene rings is 3. The standard InChI is InChI=1S/C23H19Cl2FN2O3S/c24-16-4-3-5-17(25)21(16)22(29)28-15-10-8-14(9-11-15)12-19(23(30)31)27-13-32-20-7-2-1-6-18(20)26/h1-11,19,27H,12-13H2,(H,28,29)(H,30,31)/t19-/m0/s1. The van der Waals surface area contributed by atoms with Gasteiger partial charge in [0.2, 0.25) is 0 Å². The lowest BCUT2D eigenvalue weighted by Crippen LogP contribution is -2.38. The molecule has 1 atom stereocenters. The van der Waals surface area contributed by atoms with Crippen molar-refractivity contribution in [3.8, 4) is 0 Å². The first-order valence-corrected chi connectivity index (χ1v) is 11.3. The predicted molar refractivity (Wildman–Crippen MR) is 126 cm³/mol. The number of hydrogen-bond acceptors (Lipinski definition) is 4. The van der Waals surface area contributed by atoms with Gasteiger partial charge in [0.15, 0.2) is 0 Å². The van der Waals surface area contributed by atoms with Crippen molar-refractivity contribution in [3.05, 3.63) is 93.7 Å². The van der Waals surface area contributed by atoms with Gasteiger partial charge in [-0.05, 0) is 48.4 Å². The van der Waals surface area contributed by atoms with Gasteiger partial charge in [0.1, 0.15) is 11.9 Å². The Labute approximate surface area is 198 Å². The lowest BCUT2D eigenvalue weighted by atomic mass is 10.1. The van der Waals surface area contributed by atoms with Crippen molar-refractivity contribution in [1.82, 2.24) is 5.32 Å². The molecule has 0 aromatic heterocycles. The Morgan fingerprint density at radius 1 is 0.969 bits per heavy atom. The topological polar surface area (TPSA) is 78.4 Å². The molecule has 0 unspecified atom stereocenters. The summed E-state index contributed by atoms with van der Waals surface area (Å²) in [5.41, 5.74) is 1.46. The van der Waals surface area contributed by atoms with Crippen molar-refractivity contribution in [2.45, 2.75) is 17.4 Å². The number of rotatable bonds is 9. The van der Waals surface area contributed by atoms with E-state index in [4.69, 9.17) is 23.2 Å². The molecule has 3 aromatic rings. The first kappa shape index (κ1) is 24.1. The van der Waals surface area contributed by atoms with Crippen molar-refractivity contribution in [1.29, 1.82) is 0 Å². The summed E-state index contributed by atoms with van der Waals surface area (Å²) < 4.78 is 13.7. The number of nitrogens with one attached hydrogen (secondary N) is 2. The number of anilines is 1. The Morgan fingerprint density at radius 2 is 1.62 bits per heavy atom. The Hall–Kier alpha value is -2.58. The van der Waals surface area contributed by atoms with E-state index in [1.807, 2.05) is 0 Å². The fraction of sp³-hybridized carbons (Fsp3) is 0.130. The minimum atomic E-state index is -1.01. The smallest absolute Gasteiger partial charge is 0.321 e. The maximum Gasteiger partial charge on any atom is 0.321 e. The summed E-state index contributed by atoms with van der Waals surface area (Å²) in [6.07, 6.45) is 0.220. The molecule has 32 heavy (non-hydrogen) atoms. The third kappa shape index (κ3) is 6.46. The molecule has 9 heteroatoms. The van der Waals surface area contributed by atoms with E-state index in [0.717, 1.165) is 5.56 Å². The van der Waals surface area contributed by atoms with Gasteiger partial charge in [-0.3, -0.25) is 14.9 Å². The summed E-state index contributed by atoms with van der Waals surface area (Å²) in [5, 5.41) is 15.6. The van der Waals surface area contributed by atoms with Crippen LogP contribution < -0.4 is 10.6 Å². The van der Waals surface area contributed by atoms with Gasteiger partial charge < -0.3 is 10.4 Å². The number of amides is 1. The van der Waals surface area contributed by atoms with Crippen LogP contribution in [0.15, 0.2) is 71.6 Å². The number of thioether (sulfide) groups is 1. The molecule has 0 heterocycles. The maximum absolute atomic E-state index is 13.7. The summed E-state index contributed by atoms with van der Waals surface area (Å²) >= 11 is 13.3. The lowest BCUT2D eigenvalue weighted by molar-refractivity contribution is -0.139. The van der Waals surface area contributed by atoms with E-state index in [1.54, 1.807) is 60.7 Å². The van der Waals surface area contributed by atoms with Gasteiger partial charge in [-0.1, -0.05) is 53.5 Å². The minimum absolute atomic E-state index is 0.183. The quantitative estimate of drug-likeness (QED) is 0.263. The van der Waals surface area contributed by atoms with E-state index < -0.39 is 17.9 Å². The number of hydrogen-bond donors (Lipinski definition) is 3. The second-order valence-electron chi connectivity index (χ2n) is 6.77. The zero-order valence-electron chi connectivity index (χ0n) is 16.6. The lowest BCUT2D eigenvalue weighted by Gasteiger charge is -2.15. The second kappa shape index (κ2) is 11.3. The minimum Gasteiger partial charge on any atom is -0.480 e. The number of carbonyl (C=O) groups excluding carboxylic acids is 1. The van der Waals surface area contributed by atoms with E-state index in [0.29, 0.717) is 10.6 Å². The van der Waals surface area contributed by atoms with E-state index >= 15 is 0 Å². The zero-order chi connectivity index (χ0) is 23.1. The van der Waals surface area contributed by atoms with Crippen molar-refractivity contribution in [3.63, 3.8) is 0 Å². The number of carboxylic acid groups (broad SMARTS) is 1. The summed E-state index contributed by atoms with van der Waals surface area (Å²) in [6, 6.07) is 17.1. The number of aliphatic carboxylic acids is 1. The Kier molecular flexibility index (Phi) is 8.53. The summed E-state index contributed by atoms with van der Waals surface area (Å²) in [6.45, 7) is 0. The van der Waals surface area contributed by atoms with Crippen molar-refractivity contribution < 1.29 is 19.1 Å². The van der Waals surface area contributed by atoms with E-state index in [-0.39, 0.29) is 33.7 Å². The van der Waals surface area contributed by atoms with E-state index in [9.17, 15) is 19.1 Å². The van der Waals surface area contributed by atoms with Crippen LogP contribution in [0.1, 0.15) is 15.9 Å². The predicted octanol–water partition coefficient (Wildman–Crippen LogP) is 5.72. The molecule has 0 saturated carbocycles. The Bertz CT molecular complexity index is 1090. The Balaban J connectivity index is 1.58. The molecule has 0 aliphatic carbocycles. The number of halogens is 3. The first-order valence-electron chi connectivity index (χ1n) is 9.53. The summed E-state index contributed by atoms with van der Waals surface area (Å²) in [5.74, 6) is -1.56. The van der Waals surface area contributed by atoms with Gasteiger partial charge in [0.25, 0.3) is 5.91 Å². The van der Waals surface area contributed by atoms with Crippen LogP contribution in [-0.2, 0) is 11.2 Å². The molecule has 5 nitrogen and oxygen atoms in total. The van der Waals surface area contributed by atoms with Crippen LogP contribution in [-0.4, -0.2) is 28.9 Å². The molecule has 3 rings (SSSR count). The molecule has 1 amide bonds. The van der Waals surface area contributed by atoms with E-state index in [1.165, 1.54) is 17.8 Å². The van der Waals surface area contributed by atoms with Crippen molar-refractivity contribution in [2.24, 2.45) is 0 Å². The molecule has 0 aliphatic rings. The molecule has 0 radical (unpaired) electrons. The zero-order valence-corrected chi connectivity index (χ0v) is 19.0. The van der Waals surface area contributed by atoms with Gasteiger partial charge in [0.05, 0.1) is 15.6 Å². The van der Waals surface area contributed by atoms with Crippen molar-refractivity contribution >= 4 is 52.5 Å². The average molecular weight is 493 g/mol. The summed E-state index contributed by atoms with van der Waals surface area (Å²) in [7, 11) is 0. The van der Waals surface area contributed by atoms with E-state index in [2.05, 4.69) is 10.6 Å². The third-order valence-corrected chi connectivity index (χ3v) is 6.12. The fourth-order valence-corrected chi connectivity index (χ4v) is 4.29. The molecule has 0 bridgehead atoms. The van der Waals surface area contributed by atoms with Crippen LogP contribution in [0, 0.1) is 5.82 Å². The molecule has 0 fully saturated rings. The first-order chi connectivity index (χ1) is 15.3. The monoisotopic (exact) mass is 492 g/mol. The normalized spacial score (nSPS) is 11.7.